The van der Waals surface area contributed by atoms with E-state index < -0.39 is 0 Å². The van der Waals surface area contributed by atoms with Gasteiger partial charge in [0.25, 0.3) is 5.91 Å². The number of phenolic OH excluding ortho intramolecular Hbond substituents is 1. The van der Waals surface area contributed by atoms with Crippen molar-refractivity contribution >= 4 is 11.6 Å². The number of anilines is 1. The van der Waals surface area contributed by atoms with Crippen molar-refractivity contribution < 1.29 is 9.90 Å². The molecular formula is C21H27NO2. The van der Waals surface area contributed by atoms with E-state index in [1.807, 2.05) is 24.3 Å². The van der Waals surface area contributed by atoms with Gasteiger partial charge in [0.1, 0.15) is 5.75 Å². The quantitative estimate of drug-likeness (QED) is 0.469. The Kier molecular flexibility index (Phi) is 7.34. The molecule has 0 bridgehead atoms. The van der Waals surface area contributed by atoms with E-state index in [1.165, 1.54) is 44.1 Å². The molecule has 0 spiro atoms. The molecule has 24 heavy (non-hydrogen) atoms. The number of unbranched alkanes of at least 4 members (excludes halogenated alkanes) is 5. The monoisotopic (exact) mass is 325 g/mol. The van der Waals surface area contributed by atoms with Crippen molar-refractivity contribution in [2.75, 3.05) is 5.32 Å². The standard InChI is InChI=1S/C21H27NO2/c1-2-3-4-5-6-7-8-17-9-11-18(12-10-17)21(24)22-19-13-15-20(23)16-14-19/h9-16,23H,2-8H2,1H3,(H,22,24). The average molecular weight is 325 g/mol. The van der Waals surface area contributed by atoms with Crippen molar-refractivity contribution in [3.63, 3.8) is 0 Å². The van der Waals surface area contributed by atoms with Crippen LogP contribution >= 0.6 is 0 Å². The Bertz CT molecular complexity index is 617. The minimum atomic E-state index is -0.133. The fraction of sp³-hybridized carbons (Fsp3) is 0.381. The molecule has 0 atom stereocenters. The van der Waals surface area contributed by atoms with Gasteiger partial charge in [-0.2, -0.15) is 0 Å². The summed E-state index contributed by atoms with van der Waals surface area (Å²) in [6, 6.07) is 14.3. The molecule has 1 amide bonds. The summed E-state index contributed by atoms with van der Waals surface area (Å²) in [6.07, 6.45) is 8.85. The van der Waals surface area contributed by atoms with Gasteiger partial charge in [-0.05, 0) is 54.8 Å². The lowest BCUT2D eigenvalue weighted by atomic mass is 10.0. The molecule has 0 saturated carbocycles. The Morgan fingerprint density at radius 3 is 2.17 bits per heavy atom. The van der Waals surface area contributed by atoms with Crippen LogP contribution in [0.4, 0.5) is 5.69 Å². The van der Waals surface area contributed by atoms with E-state index in [-0.39, 0.29) is 11.7 Å². The number of benzene rings is 2. The van der Waals surface area contributed by atoms with Crippen LogP contribution in [0.2, 0.25) is 0 Å². The molecule has 0 aromatic heterocycles. The second kappa shape index (κ2) is 9.76. The number of phenols is 1. The van der Waals surface area contributed by atoms with Crippen molar-refractivity contribution in [1.82, 2.24) is 0 Å². The van der Waals surface area contributed by atoms with E-state index in [1.54, 1.807) is 24.3 Å². The van der Waals surface area contributed by atoms with Crippen molar-refractivity contribution in [2.24, 2.45) is 0 Å². The van der Waals surface area contributed by atoms with Crippen molar-refractivity contribution in [1.29, 1.82) is 0 Å². The second-order valence-electron chi connectivity index (χ2n) is 6.22. The van der Waals surface area contributed by atoms with Crippen LogP contribution in [0.1, 0.15) is 61.4 Å². The number of nitrogens with one attached hydrogen (secondary N) is 1. The summed E-state index contributed by atoms with van der Waals surface area (Å²) in [6.45, 7) is 2.24. The number of aromatic hydroxyl groups is 1. The third-order valence-corrected chi connectivity index (χ3v) is 4.16. The number of carbonyl (C=O) groups is 1. The van der Waals surface area contributed by atoms with Crippen LogP contribution < -0.4 is 5.32 Å². The second-order valence-corrected chi connectivity index (χ2v) is 6.22. The number of aryl methyl sites for hydroxylation is 1. The normalized spacial score (nSPS) is 10.5. The summed E-state index contributed by atoms with van der Waals surface area (Å²) in [5.41, 5.74) is 2.61. The Morgan fingerprint density at radius 2 is 1.50 bits per heavy atom. The van der Waals surface area contributed by atoms with Gasteiger partial charge < -0.3 is 10.4 Å². The Morgan fingerprint density at radius 1 is 0.875 bits per heavy atom. The van der Waals surface area contributed by atoms with E-state index in [9.17, 15) is 9.90 Å². The molecule has 3 nitrogen and oxygen atoms in total. The average Bonchev–Trinajstić information content (AvgIpc) is 2.60. The summed E-state index contributed by atoms with van der Waals surface area (Å²) in [5.74, 6) is 0.0545. The molecule has 0 radical (unpaired) electrons. The van der Waals surface area contributed by atoms with E-state index in [0.717, 1.165) is 6.42 Å². The first-order valence-corrected chi connectivity index (χ1v) is 8.88. The minimum Gasteiger partial charge on any atom is -0.508 e. The van der Waals surface area contributed by atoms with Gasteiger partial charge in [0.05, 0.1) is 0 Å². The molecule has 0 unspecified atom stereocenters. The molecule has 0 aliphatic carbocycles. The molecule has 2 rings (SSSR count). The SMILES string of the molecule is CCCCCCCCc1ccc(C(=O)Nc2ccc(O)cc2)cc1. The lowest BCUT2D eigenvalue weighted by Gasteiger charge is -2.07. The summed E-state index contributed by atoms with van der Waals surface area (Å²) < 4.78 is 0. The highest BCUT2D eigenvalue weighted by atomic mass is 16.3. The zero-order chi connectivity index (χ0) is 17.2. The van der Waals surface area contributed by atoms with Crippen LogP contribution in [-0.4, -0.2) is 11.0 Å². The first-order chi connectivity index (χ1) is 11.7. The van der Waals surface area contributed by atoms with E-state index in [2.05, 4.69) is 12.2 Å². The highest BCUT2D eigenvalue weighted by Gasteiger charge is 2.06. The summed E-state index contributed by atoms with van der Waals surface area (Å²) in [7, 11) is 0. The zero-order valence-electron chi connectivity index (χ0n) is 14.4. The number of rotatable bonds is 9. The fourth-order valence-corrected chi connectivity index (χ4v) is 2.68. The maximum absolute atomic E-state index is 12.2. The van der Waals surface area contributed by atoms with Crippen molar-refractivity contribution in [3.8, 4) is 5.75 Å². The molecule has 0 aliphatic rings. The van der Waals surface area contributed by atoms with Crippen LogP contribution in [0.15, 0.2) is 48.5 Å². The number of hydrogen-bond acceptors (Lipinski definition) is 2. The largest absolute Gasteiger partial charge is 0.508 e. The first-order valence-electron chi connectivity index (χ1n) is 8.88. The highest BCUT2D eigenvalue weighted by molar-refractivity contribution is 6.04. The maximum atomic E-state index is 12.2. The fourth-order valence-electron chi connectivity index (χ4n) is 2.68. The number of carbonyl (C=O) groups excluding carboxylic acids is 1. The maximum Gasteiger partial charge on any atom is 0.255 e. The molecule has 2 N–H and O–H groups in total. The molecular weight excluding hydrogens is 298 g/mol. The van der Waals surface area contributed by atoms with E-state index in [4.69, 9.17) is 0 Å². The number of amides is 1. The summed E-state index contributed by atoms with van der Waals surface area (Å²) in [5, 5.41) is 12.1. The number of hydrogen-bond donors (Lipinski definition) is 2. The Labute approximate surface area is 144 Å². The Balaban J connectivity index is 1.78. The smallest absolute Gasteiger partial charge is 0.255 e. The molecule has 0 aliphatic heterocycles. The zero-order valence-corrected chi connectivity index (χ0v) is 14.4. The van der Waals surface area contributed by atoms with Crippen LogP contribution in [0.25, 0.3) is 0 Å². The highest BCUT2D eigenvalue weighted by Crippen LogP contribution is 2.16. The summed E-state index contributed by atoms with van der Waals surface area (Å²) in [4.78, 5) is 12.2. The van der Waals surface area contributed by atoms with Gasteiger partial charge in [-0.3, -0.25) is 4.79 Å². The molecule has 0 fully saturated rings. The van der Waals surface area contributed by atoms with Gasteiger partial charge in [0, 0.05) is 11.3 Å². The third-order valence-electron chi connectivity index (χ3n) is 4.16. The van der Waals surface area contributed by atoms with Gasteiger partial charge >= 0.3 is 0 Å². The van der Waals surface area contributed by atoms with Gasteiger partial charge in [-0.1, -0.05) is 51.2 Å². The molecule has 2 aromatic rings. The van der Waals surface area contributed by atoms with Gasteiger partial charge in [-0.25, -0.2) is 0 Å². The predicted molar refractivity (Wildman–Crippen MR) is 99.6 cm³/mol. The predicted octanol–water partition coefficient (Wildman–Crippen LogP) is 5.55. The molecule has 0 heterocycles. The van der Waals surface area contributed by atoms with Crippen LogP contribution in [-0.2, 0) is 6.42 Å². The Hall–Kier alpha value is -2.29. The van der Waals surface area contributed by atoms with E-state index in [0.29, 0.717) is 11.3 Å². The lowest BCUT2D eigenvalue weighted by molar-refractivity contribution is 0.102. The van der Waals surface area contributed by atoms with Crippen LogP contribution in [0.5, 0.6) is 5.75 Å². The molecule has 128 valence electrons. The van der Waals surface area contributed by atoms with Gasteiger partial charge in [0.2, 0.25) is 0 Å². The summed E-state index contributed by atoms with van der Waals surface area (Å²) >= 11 is 0. The first kappa shape index (κ1) is 18.1. The van der Waals surface area contributed by atoms with E-state index >= 15 is 0 Å². The molecule has 3 heteroatoms. The molecule has 0 saturated heterocycles. The van der Waals surface area contributed by atoms with Gasteiger partial charge in [0.15, 0.2) is 0 Å². The lowest BCUT2D eigenvalue weighted by Crippen LogP contribution is -2.11. The topological polar surface area (TPSA) is 49.3 Å². The van der Waals surface area contributed by atoms with Crippen LogP contribution in [0, 0.1) is 0 Å². The third kappa shape index (κ3) is 6.07. The molecule has 2 aromatic carbocycles. The van der Waals surface area contributed by atoms with Crippen molar-refractivity contribution in [3.05, 3.63) is 59.7 Å². The van der Waals surface area contributed by atoms with Crippen molar-refractivity contribution in [2.45, 2.75) is 51.9 Å². The van der Waals surface area contributed by atoms with Gasteiger partial charge in [-0.15, -0.1) is 0 Å². The van der Waals surface area contributed by atoms with Crippen LogP contribution in [0.3, 0.4) is 0 Å². The minimum absolute atomic E-state index is 0.133.